The van der Waals surface area contributed by atoms with Gasteiger partial charge in [0.1, 0.15) is 5.94 Å². The van der Waals surface area contributed by atoms with E-state index in [9.17, 15) is 4.79 Å². The van der Waals surface area contributed by atoms with Crippen molar-refractivity contribution < 1.29 is 4.79 Å². The molecule has 1 aromatic rings. The van der Waals surface area contributed by atoms with Gasteiger partial charge in [0.25, 0.3) is 0 Å². The molecular formula is C8H7NO. The second-order valence-electron chi connectivity index (χ2n) is 1.77. The molecule has 0 aliphatic heterocycles. The highest BCUT2D eigenvalue weighted by Gasteiger charge is 1.81. The molecule has 0 aromatic heterocycles. The van der Waals surface area contributed by atoms with Crippen LogP contribution in [-0.2, 0) is 4.79 Å². The number of hydrogen-bond acceptors (Lipinski definition) is 2. The normalized spacial score (nSPS) is 8.00. The van der Waals surface area contributed by atoms with Gasteiger partial charge in [0.2, 0.25) is 0 Å². The van der Waals surface area contributed by atoms with Crippen molar-refractivity contribution in [1.82, 2.24) is 0 Å². The predicted molar refractivity (Wildman–Crippen MR) is 40.3 cm³/mol. The van der Waals surface area contributed by atoms with E-state index in [1.165, 1.54) is 6.20 Å². The predicted octanol–water partition coefficient (Wildman–Crippen LogP) is 1.44. The molecule has 0 heterocycles. The average molecular weight is 133 g/mol. The number of carbonyl (C=O) groups excluding carboxylic acids is 1. The lowest BCUT2D eigenvalue weighted by Crippen LogP contribution is -1.84. The molecular weight excluding hydrogens is 126 g/mol. The van der Waals surface area contributed by atoms with Crippen LogP contribution in [0.25, 0.3) is 0 Å². The Morgan fingerprint density at radius 2 is 2.00 bits per heavy atom. The first-order valence-corrected chi connectivity index (χ1v) is 2.94. The van der Waals surface area contributed by atoms with Crippen LogP contribution >= 0.6 is 0 Å². The van der Waals surface area contributed by atoms with Crippen LogP contribution in [0.4, 0.5) is 5.69 Å². The smallest absolute Gasteiger partial charge is 0.142 e. The third-order valence-corrected chi connectivity index (χ3v) is 1.07. The minimum absolute atomic E-state index is 0.894. The number of nitrogens with one attached hydrogen (secondary N) is 1. The van der Waals surface area contributed by atoms with Crippen LogP contribution in [0, 0.1) is 0 Å². The average Bonchev–Trinajstić information content (AvgIpc) is 2.03. The maximum absolute atomic E-state index is 9.74. The number of rotatable bonds is 2. The number of para-hydroxylation sites is 1. The van der Waals surface area contributed by atoms with Crippen molar-refractivity contribution in [2.24, 2.45) is 0 Å². The molecule has 2 heteroatoms. The molecule has 0 saturated heterocycles. The minimum Gasteiger partial charge on any atom is -0.352 e. The summed E-state index contributed by atoms with van der Waals surface area (Å²) in [6.07, 6.45) is 1.23. The van der Waals surface area contributed by atoms with Gasteiger partial charge in [0.15, 0.2) is 0 Å². The molecule has 0 amide bonds. The van der Waals surface area contributed by atoms with Crippen molar-refractivity contribution in [2.75, 3.05) is 5.32 Å². The molecule has 0 spiro atoms. The Morgan fingerprint density at radius 3 is 2.60 bits per heavy atom. The fraction of sp³-hybridized carbons (Fsp3) is 0. The number of anilines is 1. The largest absolute Gasteiger partial charge is 0.352 e. The van der Waals surface area contributed by atoms with Crippen molar-refractivity contribution in [3.8, 4) is 0 Å². The monoisotopic (exact) mass is 133 g/mol. The molecule has 50 valence electrons. The summed E-state index contributed by atoms with van der Waals surface area (Å²) in [6.45, 7) is 0. The zero-order valence-electron chi connectivity index (χ0n) is 5.37. The molecule has 0 aliphatic carbocycles. The van der Waals surface area contributed by atoms with Crippen molar-refractivity contribution in [2.45, 2.75) is 0 Å². The van der Waals surface area contributed by atoms with Gasteiger partial charge in [-0.05, 0) is 12.1 Å². The molecule has 0 atom stereocenters. The van der Waals surface area contributed by atoms with Crippen LogP contribution in [-0.4, -0.2) is 5.94 Å². The third kappa shape index (κ3) is 1.77. The first-order valence-electron chi connectivity index (χ1n) is 2.94. The molecule has 1 N–H and O–H groups in total. The van der Waals surface area contributed by atoms with E-state index in [-0.39, 0.29) is 0 Å². The number of benzene rings is 1. The van der Waals surface area contributed by atoms with Crippen molar-refractivity contribution in [1.29, 1.82) is 0 Å². The van der Waals surface area contributed by atoms with E-state index in [4.69, 9.17) is 0 Å². The maximum Gasteiger partial charge on any atom is 0.142 e. The Labute approximate surface area is 59.2 Å². The fourth-order valence-corrected chi connectivity index (χ4v) is 0.647. The van der Waals surface area contributed by atoms with Crippen LogP contribution in [0.3, 0.4) is 0 Å². The van der Waals surface area contributed by atoms with Crippen LogP contribution in [0.5, 0.6) is 0 Å². The zero-order chi connectivity index (χ0) is 7.23. The summed E-state index contributed by atoms with van der Waals surface area (Å²) in [5.74, 6) is 1.63. The summed E-state index contributed by atoms with van der Waals surface area (Å²) >= 11 is 0. The van der Waals surface area contributed by atoms with E-state index >= 15 is 0 Å². The van der Waals surface area contributed by atoms with Crippen molar-refractivity contribution >= 4 is 11.6 Å². The maximum atomic E-state index is 9.74. The van der Waals surface area contributed by atoms with E-state index in [2.05, 4.69) is 5.32 Å². The second kappa shape index (κ2) is 3.49. The Morgan fingerprint density at radius 1 is 1.30 bits per heavy atom. The van der Waals surface area contributed by atoms with Crippen molar-refractivity contribution in [3.63, 3.8) is 0 Å². The molecule has 1 rings (SSSR count). The van der Waals surface area contributed by atoms with Gasteiger partial charge in [-0.2, -0.15) is 0 Å². The second-order valence-corrected chi connectivity index (χ2v) is 1.77. The van der Waals surface area contributed by atoms with Gasteiger partial charge in [-0.3, -0.25) is 0 Å². The molecule has 0 unspecified atom stereocenters. The lowest BCUT2D eigenvalue weighted by atomic mass is 10.3. The highest BCUT2D eigenvalue weighted by molar-refractivity contribution is 5.55. The summed E-state index contributed by atoms with van der Waals surface area (Å²) in [7, 11) is 0. The van der Waals surface area contributed by atoms with Crippen LogP contribution in [0.2, 0.25) is 0 Å². The molecule has 0 saturated carbocycles. The van der Waals surface area contributed by atoms with E-state index in [1.54, 1.807) is 5.94 Å². The van der Waals surface area contributed by atoms with Crippen LogP contribution < -0.4 is 5.32 Å². The van der Waals surface area contributed by atoms with Crippen molar-refractivity contribution in [3.05, 3.63) is 36.5 Å². The Hall–Kier alpha value is -1.53. The van der Waals surface area contributed by atoms with E-state index in [0.29, 0.717) is 0 Å². The molecule has 0 bridgehead atoms. The zero-order valence-corrected chi connectivity index (χ0v) is 5.37. The summed E-state index contributed by atoms with van der Waals surface area (Å²) in [5, 5.41) is 2.75. The van der Waals surface area contributed by atoms with Crippen LogP contribution in [0.15, 0.2) is 36.5 Å². The highest BCUT2D eigenvalue weighted by Crippen LogP contribution is 2.03. The summed E-state index contributed by atoms with van der Waals surface area (Å²) in [5.41, 5.74) is 0.894. The Bertz CT molecular complexity index is 237. The van der Waals surface area contributed by atoms with Gasteiger partial charge >= 0.3 is 0 Å². The Kier molecular flexibility index (Phi) is 2.30. The first kappa shape index (κ1) is 6.59. The highest BCUT2D eigenvalue weighted by atomic mass is 16.1. The molecule has 0 aliphatic rings. The van der Waals surface area contributed by atoms with Gasteiger partial charge < -0.3 is 5.32 Å². The summed E-state index contributed by atoms with van der Waals surface area (Å²) in [6, 6.07) is 9.43. The number of hydrogen-bond donors (Lipinski definition) is 1. The SMILES string of the molecule is O=C=CNc1ccccc1. The molecule has 0 fully saturated rings. The lowest BCUT2D eigenvalue weighted by molar-refractivity contribution is 0.569. The fourth-order valence-electron chi connectivity index (χ4n) is 0.647. The standard InChI is InChI=1S/C8H7NO/c10-7-6-9-8-4-2-1-3-5-8/h1-6,9H. The molecule has 0 radical (unpaired) electrons. The lowest BCUT2D eigenvalue weighted by Gasteiger charge is -1.94. The van der Waals surface area contributed by atoms with Gasteiger partial charge in [-0.15, -0.1) is 0 Å². The van der Waals surface area contributed by atoms with E-state index < -0.39 is 0 Å². The topological polar surface area (TPSA) is 29.1 Å². The Balaban J connectivity index is 2.67. The summed E-state index contributed by atoms with van der Waals surface area (Å²) < 4.78 is 0. The quantitative estimate of drug-likeness (QED) is 0.618. The third-order valence-electron chi connectivity index (χ3n) is 1.07. The van der Waals surface area contributed by atoms with Crippen LogP contribution in [0.1, 0.15) is 0 Å². The van der Waals surface area contributed by atoms with Gasteiger partial charge in [0.05, 0.1) is 6.20 Å². The molecule has 10 heavy (non-hydrogen) atoms. The molecule has 2 nitrogen and oxygen atoms in total. The molecule has 1 aromatic carbocycles. The van der Waals surface area contributed by atoms with Gasteiger partial charge in [0, 0.05) is 5.69 Å². The van der Waals surface area contributed by atoms with E-state index in [0.717, 1.165) is 5.69 Å². The van der Waals surface area contributed by atoms with E-state index in [1.807, 2.05) is 30.3 Å². The van der Waals surface area contributed by atoms with Gasteiger partial charge in [-0.1, -0.05) is 18.2 Å². The summed E-state index contributed by atoms with van der Waals surface area (Å²) in [4.78, 5) is 9.74. The first-order chi connectivity index (χ1) is 4.93. The van der Waals surface area contributed by atoms with Gasteiger partial charge in [-0.25, -0.2) is 4.79 Å². The minimum atomic E-state index is 0.894.